The second-order valence-electron chi connectivity index (χ2n) is 25.9. The van der Waals surface area contributed by atoms with E-state index in [9.17, 15) is 72.9 Å². The average molecular weight is 1390 g/mol. The minimum absolute atomic E-state index is 0.0172. The van der Waals surface area contributed by atoms with Crippen molar-refractivity contribution in [3.8, 4) is 0 Å². The third-order valence-electron chi connectivity index (χ3n) is 17.4. The Bertz CT molecular complexity index is 2430. The normalized spacial score (nSPS) is 13.3. The fourth-order valence-corrected chi connectivity index (χ4v) is 11.0. The van der Waals surface area contributed by atoms with Crippen molar-refractivity contribution in [1.29, 1.82) is 0 Å². The Morgan fingerprint density at radius 1 is 0.571 bits per heavy atom. The van der Waals surface area contributed by atoms with Crippen LogP contribution in [0.25, 0.3) is 0 Å². The summed E-state index contributed by atoms with van der Waals surface area (Å²) in [6.45, 7) is 9.20. The van der Waals surface area contributed by atoms with Crippen molar-refractivity contribution in [2.24, 2.45) is 17.3 Å². The summed E-state index contributed by atoms with van der Waals surface area (Å²) in [5.41, 5.74) is -0.388. The Labute approximate surface area is 581 Å². The minimum atomic E-state index is -1.36. The van der Waals surface area contributed by atoms with Gasteiger partial charge in [-0.1, -0.05) is 104 Å². The number of carboxylic acids is 3. The van der Waals surface area contributed by atoms with E-state index in [-0.39, 0.29) is 126 Å². The lowest BCUT2D eigenvalue weighted by atomic mass is 9.76. The Morgan fingerprint density at radius 2 is 1.11 bits per heavy atom. The number of nitrogens with one attached hydrogen (secondary N) is 5. The molecule has 98 heavy (non-hydrogen) atoms. The first-order chi connectivity index (χ1) is 47.0. The number of carbonyl (C=O) groups is 12. The Hall–Kier alpha value is -6.32. The van der Waals surface area contributed by atoms with Gasteiger partial charge in [0.1, 0.15) is 49.0 Å². The lowest BCUT2D eigenvalue weighted by molar-refractivity contribution is -0.143. The fraction of sp³-hybridized carbons (Fsp3) is 0.778. The topological polar surface area (TPSA) is 390 Å². The molecule has 0 saturated carbocycles. The number of Topliss-reactive ketones (excluding diaryl/α,β-unsaturated/α-hetero) is 5. The highest BCUT2D eigenvalue weighted by molar-refractivity contribution is 6.07. The first kappa shape index (κ1) is 89.7. The number of piperidine rings is 1. The minimum Gasteiger partial charge on any atom is -0.481 e. The predicted octanol–water partition coefficient (Wildman–Crippen LogP) is 8.00. The summed E-state index contributed by atoms with van der Waals surface area (Å²) in [4.78, 5) is 151. The van der Waals surface area contributed by atoms with Crippen molar-refractivity contribution in [1.82, 2.24) is 31.2 Å². The summed E-state index contributed by atoms with van der Waals surface area (Å²) in [7, 11) is 0. The number of aromatic amines is 1. The maximum Gasteiger partial charge on any atom is 0.326 e. The molecule has 1 aromatic heterocycles. The number of aliphatic hydroxyl groups is 1. The molecule has 26 heteroatoms. The number of carbonyl (C=O) groups excluding carboxylic acids is 9. The van der Waals surface area contributed by atoms with Gasteiger partial charge in [0.05, 0.1) is 51.0 Å². The van der Waals surface area contributed by atoms with Crippen molar-refractivity contribution >= 4 is 70.5 Å². The number of aliphatic hydroxyl groups excluding tert-OH is 1. The number of aromatic nitrogens is 1. The summed E-state index contributed by atoms with van der Waals surface area (Å²) < 4.78 is 21.2. The summed E-state index contributed by atoms with van der Waals surface area (Å²) >= 11 is 0. The van der Waals surface area contributed by atoms with Crippen molar-refractivity contribution in [3.63, 3.8) is 0 Å². The number of likely N-dealkylation sites (tertiary alicyclic amines) is 1. The van der Waals surface area contributed by atoms with Gasteiger partial charge in [-0.2, -0.15) is 0 Å². The van der Waals surface area contributed by atoms with Gasteiger partial charge in [-0.3, -0.25) is 52.7 Å². The van der Waals surface area contributed by atoms with E-state index in [0.29, 0.717) is 104 Å². The van der Waals surface area contributed by atoms with Gasteiger partial charge in [0.2, 0.25) is 23.6 Å². The summed E-state index contributed by atoms with van der Waals surface area (Å²) in [6.07, 6.45) is 25.9. The number of hydrogen-bond donors (Lipinski definition) is 9. The van der Waals surface area contributed by atoms with Gasteiger partial charge in [0.15, 0.2) is 5.78 Å². The highest BCUT2D eigenvalue weighted by Gasteiger charge is 2.38. The second kappa shape index (κ2) is 57.4. The van der Waals surface area contributed by atoms with Gasteiger partial charge >= 0.3 is 17.9 Å². The zero-order chi connectivity index (χ0) is 72.6. The molecule has 1 aromatic rings. The zero-order valence-electron chi connectivity index (χ0n) is 59.5. The monoisotopic (exact) mass is 1390 g/mol. The van der Waals surface area contributed by atoms with Crippen LogP contribution in [0, 0.1) is 17.3 Å². The van der Waals surface area contributed by atoms with Gasteiger partial charge in [0.25, 0.3) is 0 Å². The molecular weight excluding hydrogens is 1270 g/mol. The molecule has 3 atom stereocenters. The first-order valence-electron chi connectivity index (χ1n) is 36.2. The van der Waals surface area contributed by atoms with E-state index in [1.807, 2.05) is 24.0 Å². The van der Waals surface area contributed by atoms with E-state index < -0.39 is 65.3 Å². The first-order valence-corrected chi connectivity index (χ1v) is 36.2. The Morgan fingerprint density at radius 3 is 1.63 bits per heavy atom. The highest BCUT2D eigenvalue weighted by atomic mass is 16.5. The molecule has 0 aromatic carbocycles. The van der Waals surface area contributed by atoms with Crippen LogP contribution in [0.2, 0.25) is 0 Å². The molecule has 1 aliphatic rings. The van der Waals surface area contributed by atoms with Crippen LogP contribution in [0.3, 0.4) is 0 Å². The summed E-state index contributed by atoms with van der Waals surface area (Å²) in [5.74, 6) is -6.72. The number of rotatable bonds is 63. The lowest BCUT2D eigenvalue weighted by Gasteiger charge is -2.32. The SMILES string of the molecule is CCC(=O)CC[C@H](NC(=O)C1CCN(C(=O)CCCCCCCCCCCCCCCCCCC(=O)O)CC1)C(=O)O.CCCOCCOCC(=O)NCCOCCOCC(=O)NCCCC[C@H](NCC(=O)[C@H](CCC(=O)O)CC(=O)C(C)(C)C(=O)CCCc1ccc[nH]1)C(=O)CO. The largest absolute Gasteiger partial charge is 0.481 e. The van der Waals surface area contributed by atoms with E-state index in [1.165, 1.54) is 78.1 Å². The van der Waals surface area contributed by atoms with Crippen LogP contribution in [0.1, 0.15) is 239 Å². The molecule has 0 radical (unpaired) electrons. The van der Waals surface area contributed by atoms with Crippen LogP contribution < -0.4 is 21.3 Å². The Kier molecular flexibility index (Phi) is 52.6. The molecule has 2 rings (SSSR count). The smallest absolute Gasteiger partial charge is 0.326 e. The predicted molar refractivity (Wildman–Crippen MR) is 369 cm³/mol. The molecule has 2 heterocycles. The molecule has 9 N–H and O–H groups in total. The van der Waals surface area contributed by atoms with Crippen molar-refractivity contribution < 1.29 is 96.9 Å². The number of amides is 4. The number of nitrogens with zero attached hydrogens (tertiary/aromatic N) is 1. The van der Waals surface area contributed by atoms with E-state index >= 15 is 0 Å². The summed E-state index contributed by atoms with van der Waals surface area (Å²) in [6, 6.07) is 1.83. The van der Waals surface area contributed by atoms with Crippen LogP contribution in [0.4, 0.5) is 0 Å². The zero-order valence-corrected chi connectivity index (χ0v) is 59.5. The van der Waals surface area contributed by atoms with E-state index in [2.05, 4.69) is 26.3 Å². The fourth-order valence-electron chi connectivity index (χ4n) is 11.0. The number of carboxylic acid groups (broad SMARTS) is 3. The third-order valence-corrected chi connectivity index (χ3v) is 17.4. The van der Waals surface area contributed by atoms with Gasteiger partial charge in [-0.15, -0.1) is 0 Å². The number of unbranched alkanes of at least 4 members (excludes halogenated alkanes) is 16. The third kappa shape index (κ3) is 46.1. The molecule has 0 bridgehead atoms. The van der Waals surface area contributed by atoms with Gasteiger partial charge < -0.3 is 70.5 Å². The molecule has 26 nitrogen and oxygen atoms in total. The number of aryl methyl sites for hydroxylation is 1. The number of ketones is 5. The Balaban J connectivity index is 0.00000102. The molecule has 4 amide bonds. The van der Waals surface area contributed by atoms with Crippen molar-refractivity contribution in [2.45, 2.75) is 252 Å². The van der Waals surface area contributed by atoms with Crippen LogP contribution in [0.5, 0.6) is 0 Å². The molecule has 560 valence electrons. The van der Waals surface area contributed by atoms with E-state index in [1.54, 1.807) is 13.1 Å². The average Bonchev–Trinajstić information content (AvgIpc) is 0.884. The van der Waals surface area contributed by atoms with Crippen molar-refractivity contribution in [3.05, 3.63) is 24.0 Å². The summed E-state index contributed by atoms with van der Waals surface area (Å²) in [5, 5.41) is 47.6. The van der Waals surface area contributed by atoms with Crippen LogP contribution >= 0.6 is 0 Å². The number of hydrogen-bond acceptors (Lipinski definition) is 18. The van der Waals surface area contributed by atoms with Crippen LogP contribution in [-0.2, 0) is 82.9 Å². The molecular formula is C72H122N6O20. The van der Waals surface area contributed by atoms with Crippen LogP contribution in [0.15, 0.2) is 18.3 Å². The quantitative estimate of drug-likeness (QED) is 0.0220. The molecule has 1 saturated heterocycles. The molecule has 1 aliphatic heterocycles. The number of ether oxygens (including phenoxy) is 4. The van der Waals surface area contributed by atoms with Gasteiger partial charge in [-0.25, -0.2) is 4.79 Å². The van der Waals surface area contributed by atoms with Crippen molar-refractivity contribution in [2.75, 3.05) is 92.2 Å². The number of aliphatic carboxylic acids is 3. The molecule has 1 fully saturated rings. The maximum absolute atomic E-state index is 13.3. The highest BCUT2D eigenvalue weighted by Crippen LogP contribution is 2.28. The van der Waals surface area contributed by atoms with Gasteiger partial charge in [0, 0.05) is 101 Å². The molecule has 0 spiro atoms. The maximum atomic E-state index is 13.3. The molecule has 0 aliphatic carbocycles. The van der Waals surface area contributed by atoms with E-state index in [0.717, 1.165) is 50.6 Å². The standard InChI is InChI=1S/C39H64N4O13.C33H58N2O7/c1-4-18-53-20-22-55-28-37(50)42-17-19-54-21-23-56-27-36(49)41-15-6-5-11-31(33(46)26-44)43-25-32(45)29(13-14-38(51)52)24-35(48)39(2,3)34(47)12-7-9-30-10-8-16-40-30;1-2-28(36)21-22-29(33(41)42)34-32(40)27-23-25-35(26-24-27)30(37)19-17-15-13-11-9-7-5-3-4-6-8-10-12-14-16-18-20-31(38)39/h8,10,16,29,31,40,43-44H,4-7,9,11-15,17-28H2,1-3H3,(H,41,49)(H,42,50)(H,51,52);27,29H,2-26H2,1H3,(H,34,40)(H,38,39)(H,41,42)/t29-,31+;29-/m10/s1. The van der Waals surface area contributed by atoms with Gasteiger partial charge in [-0.05, 0) is 103 Å². The number of H-pyrrole nitrogens is 1. The second-order valence-corrected chi connectivity index (χ2v) is 25.9. The van der Waals surface area contributed by atoms with E-state index in [4.69, 9.17) is 24.1 Å². The van der Waals surface area contributed by atoms with Crippen LogP contribution in [-0.4, -0.2) is 205 Å². The molecule has 0 unspecified atom stereocenters. The lowest BCUT2D eigenvalue weighted by Crippen LogP contribution is -2.47.